The summed E-state index contributed by atoms with van der Waals surface area (Å²) in [5, 5.41) is 1.69. The number of nitrogens with zero attached hydrogens (tertiary/aromatic N) is 2. The van der Waals surface area contributed by atoms with Crippen molar-refractivity contribution in [3.63, 3.8) is 0 Å². The second-order valence-electron chi connectivity index (χ2n) is 10.4. The Morgan fingerprint density at radius 1 is 0.707 bits per heavy atom. The van der Waals surface area contributed by atoms with Crippen LogP contribution in [0.5, 0.6) is 0 Å². The molecule has 0 N–H and O–H groups in total. The number of hydrogen-bond acceptors (Lipinski definition) is 5. The van der Waals surface area contributed by atoms with Crippen molar-refractivity contribution in [2.75, 3.05) is 4.90 Å². The van der Waals surface area contributed by atoms with E-state index >= 15 is 0 Å². The van der Waals surface area contributed by atoms with Crippen molar-refractivity contribution in [3.8, 4) is 0 Å². The summed E-state index contributed by atoms with van der Waals surface area (Å²) in [6, 6.07) is 27.5. The maximum Gasteiger partial charge on any atom is 0.240 e. The molecule has 2 amide bonds. The molecule has 0 aliphatic carbocycles. The maximum absolute atomic E-state index is 14.2. The van der Waals surface area contributed by atoms with Crippen LogP contribution in [0.15, 0.2) is 125 Å². The molecule has 4 aromatic carbocycles. The highest BCUT2D eigenvalue weighted by Crippen LogP contribution is 2.48. The highest BCUT2D eigenvalue weighted by Gasteiger charge is 2.63. The van der Waals surface area contributed by atoms with Gasteiger partial charge >= 0.3 is 0 Å². The van der Waals surface area contributed by atoms with E-state index in [4.69, 9.17) is 0 Å². The van der Waals surface area contributed by atoms with Gasteiger partial charge in [-0.25, -0.2) is 4.90 Å². The minimum atomic E-state index is -0.908. The maximum atomic E-state index is 14.2. The molecular weight excluding hydrogens is 580 g/mol. The molecule has 2 saturated heterocycles. The number of amides is 2. The molecule has 200 valence electrons. The van der Waals surface area contributed by atoms with Crippen LogP contribution in [0, 0.1) is 11.8 Å². The molecule has 0 radical (unpaired) electrons. The van der Waals surface area contributed by atoms with Crippen LogP contribution in [-0.2, 0) is 9.59 Å². The molecule has 2 fully saturated rings. The fourth-order valence-electron chi connectivity index (χ4n) is 6.38. The van der Waals surface area contributed by atoms with Crippen LogP contribution in [-0.4, -0.2) is 40.4 Å². The largest absolute Gasteiger partial charge is 0.359 e. The standard InChI is InChI=1S/C34H23BrN2O4/c35-24-15-13-22(14-16-24)32(39)30-29-28(27-19-23(17-18-36(27)30)31(38)21-8-2-1-3-9-21)33(40)37(34(29)41)26-12-6-10-20-7-4-5-11-25(20)26/h1-19,27-30H. The zero-order chi connectivity index (χ0) is 28.2. The van der Waals surface area contributed by atoms with E-state index in [-0.39, 0.29) is 17.5 Å². The summed E-state index contributed by atoms with van der Waals surface area (Å²) < 4.78 is 0.829. The predicted molar refractivity (Wildman–Crippen MR) is 159 cm³/mol. The number of rotatable bonds is 5. The van der Waals surface area contributed by atoms with E-state index in [0.29, 0.717) is 22.4 Å². The first-order chi connectivity index (χ1) is 19.9. The quantitative estimate of drug-likeness (QED) is 0.207. The summed E-state index contributed by atoms with van der Waals surface area (Å²) in [7, 11) is 0. The van der Waals surface area contributed by atoms with E-state index in [9.17, 15) is 19.2 Å². The van der Waals surface area contributed by atoms with Gasteiger partial charge in [-0.3, -0.25) is 19.2 Å². The van der Waals surface area contributed by atoms with Gasteiger partial charge in [0.1, 0.15) is 6.04 Å². The number of imide groups is 1. The first-order valence-corrected chi connectivity index (χ1v) is 14.2. The van der Waals surface area contributed by atoms with Crippen molar-refractivity contribution < 1.29 is 19.2 Å². The monoisotopic (exact) mass is 602 g/mol. The smallest absolute Gasteiger partial charge is 0.240 e. The summed E-state index contributed by atoms with van der Waals surface area (Å²) in [5.41, 5.74) is 1.91. The Kier molecular flexibility index (Phi) is 6.05. The number of carbonyl (C=O) groups excluding carboxylic acids is 4. The van der Waals surface area contributed by atoms with Crippen molar-refractivity contribution in [2.24, 2.45) is 11.8 Å². The van der Waals surface area contributed by atoms with Crippen LogP contribution < -0.4 is 4.90 Å². The molecule has 3 aliphatic heterocycles. The van der Waals surface area contributed by atoms with Crippen LogP contribution in [0.2, 0.25) is 0 Å². The van der Waals surface area contributed by atoms with Crippen molar-refractivity contribution in [1.29, 1.82) is 0 Å². The van der Waals surface area contributed by atoms with E-state index in [1.807, 2.05) is 42.5 Å². The Balaban J connectivity index is 1.34. The first-order valence-electron chi connectivity index (χ1n) is 13.4. The highest BCUT2D eigenvalue weighted by atomic mass is 79.9. The van der Waals surface area contributed by atoms with Gasteiger partial charge in [0.05, 0.1) is 23.6 Å². The lowest BCUT2D eigenvalue weighted by molar-refractivity contribution is -0.123. The third-order valence-electron chi connectivity index (χ3n) is 8.25. The SMILES string of the molecule is O=C(C1=CC2C3C(=O)N(c4cccc5ccccc45)C(=O)C3C(C(=O)c3ccc(Br)cc3)N2C=C1)c1ccccc1. The van der Waals surface area contributed by atoms with E-state index in [1.54, 1.807) is 77.8 Å². The zero-order valence-electron chi connectivity index (χ0n) is 21.7. The average Bonchev–Trinajstić information content (AvgIpc) is 3.48. The van der Waals surface area contributed by atoms with Crippen LogP contribution in [0.3, 0.4) is 0 Å². The van der Waals surface area contributed by atoms with Crippen molar-refractivity contribution in [3.05, 3.63) is 137 Å². The fraction of sp³-hybridized carbons (Fsp3) is 0.118. The molecule has 0 aromatic heterocycles. The Bertz CT molecular complexity index is 1810. The molecule has 0 saturated carbocycles. The van der Waals surface area contributed by atoms with Crippen molar-refractivity contribution >= 4 is 55.8 Å². The van der Waals surface area contributed by atoms with Gasteiger partial charge in [0.25, 0.3) is 0 Å². The second kappa shape index (κ2) is 9.78. The topological polar surface area (TPSA) is 74.8 Å². The molecule has 4 atom stereocenters. The van der Waals surface area contributed by atoms with Crippen molar-refractivity contribution in [2.45, 2.75) is 12.1 Å². The van der Waals surface area contributed by atoms with E-state index in [1.165, 1.54) is 4.90 Å². The van der Waals surface area contributed by atoms with Crippen molar-refractivity contribution in [1.82, 2.24) is 4.90 Å². The number of allylic oxidation sites excluding steroid dienone is 2. The highest BCUT2D eigenvalue weighted by molar-refractivity contribution is 9.10. The van der Waals surface area contributed by atoms with Crippen LogP contribution >= 0.6 is 15.9 Å². The van der Waals surface area contributed by atoms with Gasteiger partial charge in [-0.05, 0) is 29.7 Å². The van der Waals surface area contributed by atoms with E-state index in [0.717, 1.165) is 15.2 Å². The lowest BCUT2D eigenvalue weighted by atomic mass is 9.85. The average molecular weight is 603 g/mol. The lowest BCUT2D eigenvalue weighted by Crippen LogP contribution is -2.46. The number of anilines is 1. The number of halogens is 1. The molecule has 0 bridgehead atoms. The van der Waals surface area contributed by atoms with Gasteiger partial charge < -0.3 is 4.90 Å². The molecule has 7 heteroatoms. The number of hydrogen-bond donors (Lipinski definition) is 0. The third kappa shape index (κ3) is 3.99. The summed E-state index contributed by atoms with van der Waals surface area (Å²) >= 11 is 3.41. The second-order valence-corrected chi connectivity index (χ2v) is 11.4. The number of ketones is 2. The van der Waals surface area contributed by atoms with Gasteiger partial charge in [0.2, 0.25) is 11.8 Å². The first kappa shape index (κ1) is 25.4. The minimum absolute atomic E-state index is 0.177. The number of carbonyl (C=O) groups is 4. The normalized spacial score (nSPS) is 23.0. The fourth-order valence-corrected chi connectivity index (χ4v) is 6.64. The number of fused-ring (bicyclic) bond motifs is 4. The number of Topliss-reactive ketones (excluding diaryl/α,β-unsaturated/α-hetero) is 2. The third-order valence-corrected chi connectivity index (χ3v) is 8.78. The van der Waals surface area contributed by atoms with Gasteiger partial charge in [-0.15, -0.1) is 0 Å². The molecular formula is C34H23BrN2O4. The van der Waals surface area contributed by atoms with Gasteiger partial charge in [0.15, 0.2) is 11.6 Å². The summed E-state index contributed by atoms with van der Waals surface area (Å²) in [6.45, 7) is 0. The summed E-state index contributed by atoms with van der Waals surface area (Å²) in [4.78, 5) is 58.9. The summed E-state index contributed by atoms with van der Waals surface area (Å²) in [6.07, 6.45) is 5.12. The van der Waals surface area contributed by atoms with Gasteiger partial charge in [-0.2, -0.15) is 0 Å². The zero-order valence-corrected chi connectivity index (χ0v) is 23.3. The van der Waals surface area contributed by atoms with E-state index in [2.05, 4.69) is 15.9 Å². The molecule has 3 heterocycles. The van der Waals surface area contributed by atoms with Gasteiger partial charge in [0, 0.05) is 32.8 Å². The predicted octanol–water partition coefficient (Wildman–Crippen LogP) is 5.98. The minimum Gasteiger partial charge on any atom is -0.359 e. The molecule has 7 rings (SSSR count). The molecule has 4 aromatic rings. The molecule has 6 nitrogen and oxygen atoms in total. The van der Waals surface area contributed by atoms with Crippen LogP contribution in [0.1, 0.15) is 20.7 Å². The Labute approximate surface area is 244 Å². The van der Waals surface area contributed by atoms with Crippen LogP contribution in [0.25, 0.3) is 10.8 Å². The lowest BCUT2D eigenvalue weighted by Gasteiger charge is -2.33. The molecule has 3 aliphatic rings. The summed E-state index contributed by atoms with van der Waals surface area (Å²) in [5.74, 6) is -2.92. The van der Waals surface area contributed by atoms with Crippen LogP contribution in [0.4, 0.5) is 5.69 Å². The Hall–Kier alpha value is -4.62. The van der Waals surface area contributed by atoms with Gasteiger partial charge in [-0.1, -0.05) is 101 Å². The molecule has 41 heavy (non-hydrogen) atoms. The Morgan fingerprint density at radius 2 is 1.39 bits per heavy atom. The number of benzene rings is 4. The molecule has 4 unspecified atom stereocenters. The Morgan fingerprint density at radius 3 is 2.17 bits per heavy atom. The van der Waals surface area contributed by atoms with E-state index < -0.39 is 29.8 Å². The molecule has 0 spiro atoms.